The molecule has 5 atom stereocenters. The van der Waals surface area contributed by atoms with Crippen LogP contribution >= 0.6 is 0 Å². The number of methoxy groups -OCH3 is 1. The molecule has 28 heavy (non-hydrogen) atoms. The van der Waals surface area contributed by atoms with Crippen LogP contribution in [-0.4, -0.2) is 60.8 Å². The summed E-state index contributed by atoms with van der Waals surface area (Å²) >= 11 is 0. The number of hydrogen-bond donors (Lipinski definition) is 3. The van der Waals surface area contributed by atoms with E-state index >= 15 is 0 Å². The van der Waals surface area contributed by atoms with E-state index in [0.717, 1.165) is 10.4 Å². The molecule has 0 spiro atoms. The minimum Gasteiger partial charge on any atom is -0.393 e. The smallest absolute Gasteiger partial charge is 0.186 e. The average Bonchev–Trinajstić information content (AvgIpc) is 2.97. The Labute approximate surface area is 167 Å². The van der Waals surface area contributed by atoms with Crippen molar-refractivity contribution in [1.82, 2.24) is 0 Å². The Morgan fingerprint density at radius 3 is 1.71 bits per heavy atom. The van der Waals surface area contributed by atoms with Crippen LogP contribution in [0.1, 0.15) is 20.8 Å². The molecule has 1 heterocycles. The first kappa shape index (κ1) is 21.2. The van der Waals surface area contributed by atoms with Crippen molar-refractivity contribution in [2.75, 3.05) is 7.11 Å². The Bertz CT molecular complexity index is 722. The lowest BCUT2D eigenvalue weighted by atomic mass is 10.1. The van der Waals surface area contributed by atoms with Crippen molar-refractivity contribution < 1.29 is 24.8 Å². The lowest BCUT2D eigenvalue weighted by Crippen LogP contribution is -2.75. The Kier molecular flexibility index (Phi) is 6.10. The molecule has 1 aliphatic rings. The summed E-state index contributed by atoms with van der Waals surface area (Å²) in [5, 5.41) is 34.5. The Morgan fingerprint density at radius 1 is 0.893 bits per heavy atom. The number of aliphatic hydroxyl groups excluding tert-OH is 3. The number of ether oxygens (including phenoxy) is 2. The zero-order valence-corrected chi connectivity index (χ0v) is 17.8. The van der Waals surface area contributed by atoms with Gasteiger partial charge in [0.25, 0.3) is 0 Å². The van der Waals surface area contributed by atoms with Crippen molar-refractivity contribution in [2.24, 2.45) is 0 Å². The monoisotopic (exact) mass is 402 g/mol. The van der Waals surface area contributed by atoms with Crippen molar-refractivity contribution in [2.45, 2.75) is 56.1 Å². The lowest BCUT2D eigenvalue weighted by Gasteiger charge is -2.48. The second-order valence-corrected chi connectivity index (χ2v) is 13.3. The van der Waals surface area contributed by atoms with Crippen molar-refractivity contribution >= 4 is 18.4 Å². The number of hydrogen-bond acceptors (Lipinski definition) is 5. The molecule has 1 fully saturated rings. The van der Waals surface area contributed by atoms with Crippen molar-refractivity contribution in [1.29, 1.82) is 0 Å². The fraction of sp³-hybridized carbons (Fsp3) is 0.455. The maximum atomic E-state index is 11.8. The maximum absolute atomic E-state index is 11.8. The van der Waals surface area contributed by atoms with Crippen molar-refractivity contribution in [3.05, 3.63) is 60.7 Å². The highest BCUT2D eigenvalue weighted by Gasteiger charge is 2.59. The van der Waals surface area contributed by atoms with Gasteiger partial charge >= 0.3 is 0 Å². The van der Waals surface area contributed by atoms with E-state index in [9.17, 15) is 15.3 Å². The molecule has 1 saturated heterocycles. The van der Waals surface area contributed by atoms with E-state index in [-0.39, 0.29) is 5.04 Å². The maximum Gasteiger partial charge on any atom is 0.186 e. The summed E-state index contributed by atoms with van der Waals surface area (Å²) in [5.74, 6) is 0. The molecule has 0 aromatic heterocycles. The SMILES string of the molecule is CO[C@H]1O[C@H](C(O)[Si](c2ccccc2)(c2ccccc2)C(C)(C)C)[C@@H](O)[C@H]1O. The van der Waals surface area contributed by atoms with Crippen LogP contribution in [0.15, 0.2) is 60.7 Å². The summed E-state index contributed by atoms with van der Waals surface area (Å²) in [6, 6.07) is 19.9. The second-order valence-electron chi connectivity index (χ2n) is 8.42. The third-order valence-corrected chi connectivity index (χ3v) is 12.0. The average molecular weight is 403 g/mol. The third-order valence-electron chi connectivity index (χ3n) is 5.89. The molecule has 2 aromatic carbocycles. The quantitative estimate of drug-likeness (QED) is 0.652. The summed E-state index contributed by atoms with van der Waals surface area (Å²) in [4.78, 5) is 0. The van der Waals surface area contributed by atoms with Gasteiger partial charge in [0.1, 0.15) is 18.3 Å². The standard InChI is InChI=1S/C22H30O5Si/c1-22(2,3)28(15-11-7-5-8-12-15,16-13-9-6-10-14-16)20(25)19-17(23)18(24)21(26-4)27-19/h5-14,17-21,23-25H,1-4H3/t17-,18+,19-,20?,21-/m0/s1. The van der Waals surface area contributed by atoms with Crippen molar-refractivity contribution in [3.63, 3.8) is 0 Å². The van der Waals surface area contributed by atoms with Crippen LogP contribution in [0.25, 0.3) is 0 Å². The van der Waals surface area contributed by atoms with E-state index in [1.807, 2.05) is 60.7 Å². The zero-order valence-electron chi connectivity index (χ0n) is 16.8. The van der Waals surface area contributed by atoms with Crippen LogP contribution in [0.2, 0.25) is 5.04 Å². The van der Waals surface area contributed by atoms with E-state index in [0.29, 0.717) is 0 Å². The van der Waals surface area contributed by atoms with E-state index in [4.69, 9.17) is 9.47 Å². The molecule has 1 aliphatic heterocycles. The van der Waals surface area contributed by atoms with Crippen LogP contribution in [0, 0.1) is 0 Å². The van der Waals surface area contributed by atoms with Gasteiger partial charge in [0.15, 0.2) is 14.4 Å². The lowest BCUT2D eigenvalue weighted by molar-refractivity contribution is -0.157. The molecule has 0 aliphatic carbocycles. The predicted octanol–water partition coefficient (Wildman–Crippen LogP) is 1.04. The van der Waals surface area contributed by atoms with Crippen LogP contribution in [0.3, 0.4) is 0 Å². The van der Waals surface area contributed by atoms with Gasteiger partial charge in [-0.25, -0.2) is 0 Å². The molecule has 0 saturated carbocycles. The Balaban J connectivity index is 2.22. The zero-order chi connectivity index (χ0) is 20.5. The summed E-state index contributed by atoms with van der Waals surface area (Å²) < 4.78 is 11.0. The largest absolute Gasteiger partial charge is 0.393 e. The van der Waals surface area contributed by atoms with Gasteiger partial charge in [-0.05, 0) is 5.04 Å². The summed E-state index contributed by atoms with van der Waals surface area (Å²) in [7, 11) is -1.51. The molecule has 5 nitrogen and oxygen atoms in total. The van der Waals surface area contributed by atoms with Crippen LogP contribution < -0.4 is 10.4 Å². The molecule has 1 unspecified atom stereocenters. The number of rotatable bonds is 5. The van der Waals surface area contributed by atoms with Crippen LogP contribution in [-0.2, 0) is 9.47 Å². The highest BCUT2D eigenvalue weighted by atomic mass is 28.3. The van der Waals surface area contributed by atoms with E-state index < -0.39 is 38.4 Å². The first-order valence-corrected chi connectivity index (χ1v) is 11.7. The highest BCUT2D eigenvalue weighted by Crippen LogP contribution is 2.41. The predicted molar refractivity (Wildman–Crippen MR) is 111 cm³/mol. The molecule has 2 aromatic rings. The molecule has 3 rings (SSSR count). The molecular formula is C22H30O5Si. The highest BCUT2D eigenvalue weighted by molar-refractivity contribution is 7.05. The summed E-state index contributed by atoms with van der Waals surface area (Å²) in [6.45, 7) is 6.36. The molecule has 6 heteroatoms. The normalized spacial score (nSPS) is 27.0. The van der Waals surface area contributed by atoms with Gasteiger partial charge in [-0.2, -0.15) is 0 Å². The van der Waals surface area contributed by atoms with E-state index in [2.05, 4.69) is 20.8 Å². The molecule has 3 N–H and O–H groups in total. The van der Waals surface area contributed by atoms with Gasteiger partial charge in [-0.3, -0.25) is 0 Å². The molecular weight excluding hydrogens is 372 g/mol. The van der Waals surface area contributed by atoms with Gasteiger partial charge in [0, 0.05) is 7.11 Å². The molecule has 0 bridgehead atoms. The van der Waals surface area contributed by atoms with Gasteiger partial charge in [0.2, 0.25) is 0 Å². The van der Waals surface area contributed by atoms with Gasteiger partial charge in [0.05, 0.1) is 5.73 Å². The van der Waals surface area contributed by atoms with Crippen molar-refractivity contribution in [3.8, 4) is 0 Å². The molecule has 152 valence electrons. The van der Waals surface area contributed by atoms with Gasteiger partial charge in [-0.15, -0.1) is 0 Å². The minimum absolute atomic E-state index is 0.311. The van der Waals surface area contributed by atoms with E-state index in [1.54, 1.807) is 0 Å². The minimum atomic E-state index is -2.93. The number of aliphatic hydroxyl groups is 3. The Morgan fingerprint density at radius 2 is 1.36 bits per heavy atom. The third kappa shape index (κ3) is 3.34. The fourth-order valence-electron chi connectivity index (χ4n) is 4.59. The Hall–Kier alpha value is -1.54. The molecule has 0 radical (unpaired) electrons. The number of benzene rings is 2. The first-order chi connectivity index (χ1) is 13.2. The molecule has 0 amide bonds. The fourth-order valence-corrected chi connectivity index (χ4v) is 10.4. The van der Waals surface area contributed by atoms with Gasteiger partial charge < -0.3 is 24.8 Å². The summed E-state index contributed by atoms with van der Waals surface area (Å²) in [6.07, 6.45) is -4.36. The van der Waals surface area contributed by atoms with Gasteiger partial charge in [-0.1, -0.05) is 91.8 Å². The second kappa shape index (κ2) is 8.06. The van der Waals surface area contributed by atoms with Crippen LogP contribution in [0.5, 0.6) is 0 Å². The van der Waals surface area contributed by atoms with Crippen LogP contribution in [0.4, 0.5) is 0 Å². The topological polar surface area (TPSA) is 79.2 Å². The van der Waals surface area contributed by atoms with E-state index in [1.165, 1.54) is 7.11 Å². The first-order valence-electron chi connectivity index (χ1n) is 9.58. The summed E-state index contributed by atoms with van der Waals surface area (Å²) in [5.41, 5.74) is -0.998.